The van der Waals surface area contributed by atoms with E-state index in [2.05, 4.69) is 259 Å². The fourth-order valence-corrected chi connectivity index (χ4v) is 15.7. The minimum Gasteiger partial charge on any atom is -0.308 e. The highest BCUT2D eigenvalue weighted by molar-refractivity contribution is 7.19. The Morgan fingerprint density at radius 2 is 0.581 bits per heavy atom. The predicted molar refractivity (Wildman–Crippen MR) is 310 cm³/mol. The molecule has 0 aliphatic heterocycles. The van der Waals surface area contributed by atoms with Crippen LogP contribution in [0.2, 0.25) is 0 Å². The van der Waals surface area contributed by atoms with Crippen molar-refractivity contribution in [2.45, 2.75) is 0 Å². The summed E-state index contributed by atoms with van der Waals surface area (Å²) in [5, 5.41) is 7.61. The molecule has 2 aromatic heterocycles. The summed E-state index contributed by atoms with van der Waals surface area (Å²) in [4.78, 5) is 16.0. The van der Waals surface area contributed by atoms with E-state index in [1.54, 1.807) is 0 Å². The van der Waals surface area contributed by atoms with Gasteiger partial charge in [0.2, 0.25) is 0 Å². The lowest BCUT2D eigenvalue weighted by atomic mass is 10.0. The van der Waals surface area contributed by atoms with Crippen molar-refractivity contribution in [3.05, 3.63) is 291 Å². The highest BCUT2D eigenvalue weighted by Gasteiger charge is 2.41. The van der Waals surface area contributed by atoms with Gasteiger partial charge in [-0.1, -0.05) is 267 Å². The molecule has 0 atom stereocenters. The highest BCUT2D eigenvalue weighted by atomic mass is 28.3. The Labute approximate surface area is 432 Å². The minimum atomic E-state index is -2.85. The van der Waals surface area contributed by atoms with Gasteiger partial charge in [0.1, 0.15) is 0 Å². The van der Waals surface area contributed by atoms with Gasteiger partial charge in [-0.25, -0.2) is 15.0 Å². The number of rotatable bonds is 11. The normalized spacial score (nSPS) is 11.5. The Hall–Kier alpha value is -9.55. The van der Waals surface area contributed by atoms with E-state index in [1.807, 2.05) is 36.4 Å². The van der Waals surface area contributed by atoms with Crippen molar-refractivity contribution in [1.82, 2.24) is 19.5 Å². The van der Waals surface area contributed by atoms with Crippen molar-refractivity contribution in [1.29, 1.82) is 0 Å². The molecule has 74 heavy (non-hydrogen) atoms. The molecular weight excluding hydrogens is 913 g/mol. The molecule has 0 radical (unpaired) electrons. The third kappa shape index (κ3) is 8.02. The summed E-state index contributed by atoms with van der Waals surface area (Å²) in [6.07, 6.45) is 0. The monoisotopic (exact) mass is 960 g/mol. The molecule has 0 amide bonds. The van der Waals surface area contributed by atoms with Crippen molar-refractivity contribution in [2.24, 2.45) is 0 Å². The molecule has 0 unspecified atom stereocenters. The van der Waals surface area contributed by atoms with Gasteiger partial charge in [-0.05, 0) is 78.4 Å². The fraction of sp³-hybridized carbons (Fsp3) is 0. The summed E-state index contributed by atoms with van der Waals surface area (Å²) in [6.45, 7) is 0. The number of nitrogens with zero attached hydrogens (tertiary/aromatic N) is 4. The van der Waals surface area contributed by atoms with Crippen LogP contribution in [0.5, 0.6) is 0 Å². The lowest BCUT2D eigenvalue weighted by molar-refractivity contribution is 1.06. The zero-order valence-corrected chi connectivity index (χ0v) is 41.5. The standard InChI is InChI=1S/C69H48N4Si/c1-8-23-49(24-9-1)55-39-42-61-62-43-40-56(50-25-10-2-11-26-50)48-66(62)73(65(61)47-55)64-44-41-54(46-63(64)69-71-67(51-27-12-3-13-28-51)70-68(72-69)52-29-14-4-15-30-52)53-31-22-38-60(45-53)74(57-32-16-5-17-33-57,58-34-18-6-19-35-58)59-36-20-7-21-37-59/h1-48H. The number of hydrogen-bond acceptors (Lipinski definition) is 3. The zero-order valence-electron chi connectivity index (χ0n) is 40.5. The van der Waals surface area contributed by atoms with Gasteiger partial charge in [0.25, 0.3) is 0 Å². The maximum atomic E-state index is 5.44. The van der Waals surface area contributed by atoms with E-state index in [1.165, 1.54) is 20.7 Å². The van der Waals surface area contributed by atoms with Crippen LogP contribution in [0.3, 0.4) is 0 Å². The molecule has 4 nitrogen and oxygen atoms in total. The summed E-state index contributed by atoms with van der Waals surface area (Å²) in [5.41, 5.74) is 12.6. The van der Waals surface area contributed by atoms with E-state index < -0.39 is 8.07 Å². The van der Waals surface area contributed by atoms with Gasteiger partial charge in [0, 0.05) is 27.5 Å². The average Bonchev–Trinajstić information content (AvgIpc) is 3.82. The molecule has 348 valence electrons. The second kappa shape index (κ2) is 19.2. The van der Waals surface area contributed by atoms with Crippen LogP contribution in [-0.2, 0) is 0 Å². The van der Waals surface area contributed by atoms with Gasteiger partial charge in [-0.3, -0.25) is 0 Å². The van der Waals surface area contributed by atoms with Gasteiger partial charge < -0.3 is 4.57 Å². The van der Waals surface area contributed by atoms with Crippen molar-refractivity contribution in [3.63, 3.8) is 0 Å². The van der Waals surface area contributed by atoms with E-state index >= 15 is 0 Å². The first-order valence-corrected chi connectivity index (χ1v) is 27.2. The Bertz CT molecular complexity index is 3840. The highest BCUT2D eigenvalue weighted by Crippen LogP contribution is 2.41. The molecule has 0 aliphatic rings. The first kappa shape index (κ1) is 44.4. The van der Waals surface area contributed by atoms with Crippen LogP contribution in [0.4, 0.5) is 0 Å². The molecule has 0 bridgehead atoms. The molecule has 0 saturated carbocycles. The van der Waals surface area contributed by atoms with E-state index in [0.29, 0.717) is 17.5 Å². The summed E-state index contributed by atoms with van der Waals surface area (Å²) < 4.78 is 2.44. The van der Waals surface area contributed by atoms with Gasteiger partial charge in [0.05, 0.1) is 16.7 Å². The Morgan fingerprint density at radius 3 is 1.03 bits per heavy atom. The maximum Gasteiger partial charge on any atom is 0.179 e. The first-order chi connectivity index (χ1) is 36.7. The smallest absolute Gasteiger partial charge is 0.179 e. The second-order valence-electron chi connectivity index (χ2n) is 18.7. The van der Waals surface area contributed by atoms with E-state index in [9.17, 15) is 0 Å². The van der Waals surface area contributed by atoms with Gasteiger partial charge in [-0.15, -0.1) is 0 Å². The molecule has 0 saturated heterocycles. The molecule has 0 spiro atoms. The largest absolute Gasteiger partial charge is 0.308 e. The van der Waals surface area contributed by atoms with Gasteiger partial charge in [0.15, 0.2) is 25.5 Å². The van der Waals surface area contributed by atoms with E-state index in [-0.39, 0.29) is 0 Å². The van der Waals surface area contributed by atoms with Gasteiger partial charge in [-0.2, -0.15) is 0 Å². The minimum absolute atomic E-state index is 0.584. The van der Waals surface area contributed by atoms with Crippen LogP contribution < -0.4 is 20.7 Å². The SMILES string of the molecule is c1ccc(-c2ccc3c4ccc(-c5ccccc5)cc4n(-c4ccc(-c5cccc([Si](c6ccccc6)(c6ccccc6)c6ccccc6)c5)cc4-c4nc(-c5ccccc5)nc(-c5ccccc5)n4)c3c2)cc1. The van der Waals surface area contributed by atoms with E-state index in [0.717, 1.165) is 77.6 Å². The molecular formula is C69H48N4Si. The first-order valence-electron chi connectivity index (χ1n) is 25.2. The molecule has 5 heteroatoms. The molecule has 0 fully saturated rings. The van der Waals surface area contributed by atoms with E-state index in [4.69, 9.17) is 15.0 Å². The molecule has 13 rings (SSSR count). The Morgan fingerprint density at radius 1 is 0.243 bits per heavy atom. The van der Waals surface area contributed by atoms with Crippen LogP contribution >= 0.6 is 0 Å². The van der Waals surface area contributed by atoms with Crippen molar-refractivity contribution >= 4 is 50.6 Å². The van der Waals surface area contributed by atoms with Crippen LogP contribution in [0.15, 0.2) is 291 Å². The maximum absolute atomic E-state index is 5.44. The Balaban J connectivity index is 1.11. The number of fused-ring (bicyclic) bond motifs is 3. The third-order valence-corrected chi connectivity index (χ3v) is 19.2. The zero-order chi connectivity index (χ0) is 49.3. The van der Waals surface area contributed by atoms with Crippen LogP contribution in [0, 0.1) is 0 Å². The molecule has 2 heterocycles. The van der Waals surface area contributed by atoms with Crippen LogP contribution in [0.1, 0.15) is 0 Å². The topological polar surface area (TPSA) is 43.6 Å². The van der Waals surface area contributed by atoms with Gasteiger partial charge >= 0.3 is 0 Å². The van der Waals surface area contributed by atoms with Crippen LogP contribution in [0.25, 0.3) is 95.0 Å². The lowest BCUT2D eigenvalue weighted by Crippen LogP contribution is -2.74. The summed E-state index contributed by atoms with van der Waals surface area (Å²) in [7, 11) is -2.85. The fourth-order valence-electron chi connectivity index (χ4n) is 10.9. The molecule has 0 N–H and O–H groups in total. The third-order valence-electron chi connectivity index (χ3n) is 14.4. The lowest BCUT2D eigenvalue weighted by Gasteiger charge is -2.34. The second-order valence-corrected chi connectivity index (χ2v) is 22.5. The van der Waals surface area contributed by atoms with Crippen molar-refractivity contribution in [3.8, 4) is 73.2 Å². The average molecular weight is 961 g/mol. The summed E-state index contributed by atoms with van der Waals surface area (Å²) in [6, 6.07) is 105. The molecule has 13 aromatic rings. The number of benzene rings is 11. The van der Waals surface area contributed by atoms with Crippen molar-refractivity contribution in [2.75, 3.05) is 0 Å². The molecule has 0 aliphatic carbocycles. The number of aromatic nitrogens is 4. The summed E-state index contributed by atoms with van der Waals surface area (Å²) >= 11 is 0. The Kier molecular flexibility index (Phi) is 11.5. The van der Waals surface area contributed by atoms with Crippen molar-refractivity contribution < 1.29 is 0 Å². The quantitative estimate of drug-likeness (QED) is 0.0958. The number of hydrogen-bond donors (Lipinski definition) is 0. The predicted octanol–water partition coefficient (Wildman–Crippen LogP) is 14.3. The molecule has 11 aromatic carbocycles. The summed E-state index contributed by atoms with van der Waals surface area (Å²) in [5.74, 6) is 1.80. The van der Waals surface area contributed by atoms with Crippen LogP contribution in [-0.4, -0.2) is 27.6 Å².